The number of benzene rings is 2. The maximum atomic E-state index is 12.9. The zero-order chi connectivity index (χ0) is 18.6. The van der Waals surface area contributed by atoms with E-state index < -0.39 is 10.0 Å². The number of likely N-dealkylation sites (N-methyl/N-ethyl adjacent to an activating group) is 2. The second-order valence-electron chi connectivity index (χ2n) is 5.95. The predicted octanol–water partition coefficient (Wildman–Crippen LogP) is 2.41. The number of halogens is 1. The summed E-state index contributed by atoms with van der Waals surface area (Å²) in [5, 5.41) is 0. The van der Waals surface area contributed by atoms with Crippen LogP contribution in [0.2, 0.25) is 0 Å². The van der Waals surface area contributed by atoms with Crippen molar-refractivity contribution in [2.45, 2.75) is 18.4 Å². The highest BCUT2D eigenvalue weighted by atomic mass is 32.2. The fourth-order valence-corrected chi connectivity index (χ4v) is 3.36. The summed E-state index contributed by atoms with van der Waals surface area (Å²) in [7, 11) is -0.771. The molecule has 1 amide bonds. The van der Waals surface area contributed by atoms with Crippen molar-refractivity contribution in [2.24, 2.45) is 0 Å². The lowest BCUT2D eigenvalue weighted by Crippen LogP contribution is -2.39. The van der Waals surface area contributed by atoms with Crippen LogP contribution in [0.3, 0.4) is 0 Å². The minimum absolute atomic E-state index is 0.148. The molecule has 25 heavy (non-hydrogen) atoms. The molecule has 0 aliphatic heterocycles. The van der Waals surface area contributed by atoms with E-state index in [1.807, 2.05) is 6.92 Å². The molecular weight excluding hydrogens is 343 g/mol. The molecule has 0 heterocycles. The number of hydrogen-bond acceptors (Lipinski definition) is 3. The largest absolute Gasteiger partial charge is 0.340 e. The van der Waals surface area contributed by atoms with E-state index in [9.17, 15) is 17.6 Å². The molecule has 0 N–H and O–H groups in total. The normalized spacial score (nSPS) is 11.6. The summed E-state index contributed by atoms with van der Waals surface area (Å²) in [5.74, 6) is -0.691. The van der Waals surface area contributed by atoms with Crippen LogP contribution in [0.1, 0.15) is 11.1 Å². The number of carbonyl (C=O) groups is 1. The molecule has 2 aromatic rings. The van der Waals surface area contributed by atoms with Crippen molar-refractivity contribution in [1.29, 1.82) is 0 Å². The van der Waals surface area contributed by atoms with E-state index in [2.05, 4.69) is 0 Å². The van der Waals surface area contributed by atoms with Crippen LogP contribution in [-0.2, 0) is 21.4 Å². The SMILES string of the molecule is Cc1ccc(S(=O)(=O)N(C)CC(=O)N(C)Cc2ccc(F)cc2)cc1. The molecule has 0 unspecified atom stereocenters. The first kappa shape index (κ1) is 19.1. The average Bonchev–Trinajstić information content (AvgIpc) is 2.57. The zero-order valence-corrected chi connectivity index (χ0v) is 15.3. The Hall–Kier alpha value is -2.25. The summed E-state index contributed by atoms with van der Waals surface area (Å²) in [4.78, 5) is 13.9. The minimum atomic E-state index is -3.73. The highest BCUT2D eigenvalue weighted by Crippen LogP contribution is 2.15. The van der Waals surface area contributed by atoms with E-state index in [1.165, 1.54) is 36.2 Å². The van der Waals surface area contributed by atoms with Gasteiger partial charge in [0.2, 0.25) is 15.9 Å². The van der Waals surface area contributed by atoms with Gasteiger partial charge in [-0.3, -0.25) is 4.79 Å². The molecule has 0 atom stereocenters. The third-order valence-electron chi connectivity index (χ3n) is 3.85. The van der Waals surface area contributed by atoms with Crippen LogP contribution in [0.25, 0.3) is 0 Å². The van der Waals surface area contributed by atoms with Gasteiger partial charge in [0.1, 0.15) is 5.82 Å². The van der Waals surface area contributed by atoms with E-state index in [-0.39, 0.29) is 29.7 Å². The van der Waals surface area contributed by atoms with Gasteiger partial charge in [0.15, 0.2) is 0 Å². The fraction of sp³-hybridized carbons (Fsp3) is 0.278. The van der Waals surface area contributed by atoms with Crippen LogP contribution in [0.15, 0.2) is 53.4 Å². The molecule has 0 aromatic heterocycles. The van der Waals surface area contributed by atoms with Gasteiger partial charge in [-0.2, -0.15) is 4.31 Å². The van der Waals surface area contributed by atoms with E-state index in [0.29, 0.717) is 0 Å². The van der Waals surface area contributed by atoms with Crippen molar-refractivity contribution in [1.82, 2.24) is 9.21 Å². The molecule has 5 nitrogen and oxygen atoms in total. The Morgan fingerprint density at radius 2 is 1.56 bits per heavy atom. The van der Waals surface area contributed by atoms with E-state index in [4.69, 9.17) is 0 Å². The Morgan fingerprint density at radius 1 is 1.00 bits per heavy atom. The number of rotatable bonds is 6. The lowest BCUT2D eigenvalue weighted by Gasteiger charge is -2.22. The Balaban J connectivity index is 2.03. The molecule has 7 heteroatoms. The Kier molecular flexibility index (Phi) is 5.92. The molecule has 134 valence electrons. The van der Waals surface area contributed by atoms with Gasteiger partial charge in [-0.15, -0.1) is 0 Å². The van der Waals surface area contributed by atoms with Crippen LogP contribution in [0, 0.1) is 12.7 Å². The molecule has 0 aliphatic carbocycles. The van der Waals surface area contributed by atoms with Crippen LogP contribution >= 0.6 is 0 Å². The maximum absolute atomic E-state index is 12.9. The molecule has 0 saturated carbocycles. The van der Waals surface area contributed by atoms with Crippen LogP contribution in [0.5, 0.6) is 0 Å². The molecule has 0 spiro atoms. The van der Waals surface area contributed by atoms with Gasteiger partial charge in [0.25, 0.3) is 0 Å². The molecule has 2 rings (SSSR count). The monoisotopic (exact) mass is 364 g/mol. The summed E-state index contributed by atoms with van der Waals surface area (Å²) >= 11 is 0. The highest BCUT2D eigenvalue weighted by Gasteiger charge is 2.24. The first-order chi connectivity index (χ1) is 11.7. The second-order valence-corrected chi connectivity index (χ2v) is 8.00. The van der Waals surface area contributed by atoms with Gasteiger partial charge in [0, 0.05) is 20.6 Å². The van der Waals surface area contributed by atoms with Crippen molar-refractivity contribution in [3.8, 4) is 0 Å². The summed E-state index contributed by atoms with van der Waals surface area (Å²) < 4.78 is 39.0. The number of amides is 1. The van der Waals surface area contributed by atoms with E-state index in [0.717, 1.165) is 15.4 Å². The molecule has 2 aromatic carbocycles. The standard InChI is InChI=1S/C18H21FN2O3S/c1-14-4-10-17(11-5-14)25(23,24)21(3)13-18(22)20(2)12-15-6-8-16(19)9-7-15/h4-11H,12-13H2,1-3H3. The lowest BCUT2D eigenvalue weighted by molar-refractivity contribution is -0.130. The fourth-order valence-electron chi connectivity index (χ4n) is 2.24. The number of nitrogens with zero attached hydrogens (tertiary/aromatic N) is 2. The van der Waals surface area contributed by atoms with Gasteiger partial charge in [0.05, 0.1) is 11.4 Å². The molecule has 0 aliphatic rings. The summed E-state index contributed by atoms with van der Waals surface area (Å²) in [5.41, 5.74) is 1.72. The van der Waals surface area contributed by atoms with E-state index in [1.54, 1.807) is 31.3 Å². The minimum Gasteiger partial charge on any atom is -0.340 e. The summed E-state index contributed by atoms with van der Waals surface area (Å²) in [6, 6.07) is 12.3. The molecular formula is C18H21FN2O3S. The Morgan fingerprint density at radius 3 is 2.12 bits per heavy atom. The average molecular weight is 364 g/mol. The number of hydrogen-bond donors (Lipinski definition) is 0. The number of carbonyl (C=O) groups excluding carboxylic acids is 1. The van der Waals surface area contributed by atoms with Crippen LogP contribution in [-0.4, -0.2) is 44.2 Å². The third-order valence-corrected chi connectivity index (χ3v) is 5.66. The van der Waals surface area contributed by atoms with Crippen LogP contribution in [0.4, 0.5) is 4.39 Å². The molecule has 0 saturated heterocycles. The number of aryl methyl sites for hydroxylation is 1. The Bertz CT molecular complexity index is 834. The topological polar surface area (TPSA) is 57.7 Å². The lowest BCUT2D eigenvalue weighted by atomic mass is 10.2. The van der Waals surface area contributed by atoms with Crippen molar-refractivity contribution >= 4 is 15.9 Å². The van der Waals surface area contributed by atoms with Crippen molar-refractivity contribution in [3.05, 3.63) is 65.5 Å². The van der Waals surface area contributed by atoms with Crippen molar-refractivity contribution in [2.75, 3.05) is 20.6 Å². The van der Waals surface area contributed by atoms with Crippen molar-refractivity contribution < 1.29 is 17.6 Å². The van der Waals surface area contributed by atoms with Gasteiger partial charge in [-0.05, 0) is 36.8 Å². The first-order valence-corrected chi connectivity index (χ1v) is 9.15. The van der Waals surface area contributed by atoms with Gasteiger partial charge in [-0.1, -0.05) is 29.8 Å². The van der Waals surface area contributed by atoms with Gasteiger partial charge in [-0.25, -0.2) is 12.8 Å². The highest BCUT2D eigenvalue weighted by molar-refractivity contribution is 7.89. The second kappa shape index (κ2) is 7.76. The van der Waals surface area contributed by atoms with Gasteiger partial charge >= 0.3 is 0 Å². The van der Waals surface area contributed by atoms with E-state index >= 15 is 0 Å². The third kappa shape index (κ3) is 4.87. The zero-order valence-electron chi connectivity index (χ0n) is 14.4. The van der Waals surface area contributed by atoms with Crippen LogP contribution < -0.4 is 0 Å². The summed E-state index contributed by atoms with van der Waals surface area (Å²) in [6.07, 6.45) is 0. The Labute approximate surface area is 147 Å². The summed E-state index contributed by atoms with van der Waals surface area (Å²) in [6.45, 7) is 1.87. The van der Waals surface area contributed by atoms with Gasteiger partial charge < -0.3 is 4.90 Å². The van der Waals surface area contributed by atoms with Crippen molar-refractivity contribution in [3.63, 3.8) is 0 Å². The number of sulfonamides is 1. The predicted molar refractivity (Wildman–Crippen MR) is 93.9 cm³/mol. The molecule has 0 fully saturated rings. The first-order valence-electron chi connectivity index (χ1n) is 7.71. The maximum Gasteiger partial charge on any atom is 0.243 e. The molecule has 0 radical (unpaired) electrons. The smallest absolute Gasteiger partial charge is 0.243 e. The quantitative estimate of drug-likeness (QED) is 0.791. The molecule has 0 bridgehead atoms.